The fourth-order valence-electron chi connectivity index (χ4n) is 5.30. The van der Waals surface area contributed by atoms with Crippen molar-refractivity contribution in [2.45, 2.75) is 43.4 Å². The molecule has 2 saturated carbocycles. The second-order valence-electron chi connectivity index (χ2n) is 9.14. The molecule has 0 aromatic carbocycles. The van der Waals surface area contributed by atoms with Crippen molar-refractivity contribution in [2.75, 3.05) is 32.0 Å². The third-order valence-corrected chi connectivity index (χ3v) is 7.41. The summed E-state index contributed by atoms with van der Waals surface area (Å²) in [4.78, 5) is 6.32. The fraction of sp³-hybridized carbons (Fsp3) is 0.619. The largest absolute Gasteiger partial charge is 0.419 e. The number of anilines is 1. The summed E-state index contributed by atoms with van der Waals surface area (Å²) < 4.78 is 47.3. The van der Waals surface area contributed by atoms with Gasteiger partial charge in [-0.15, -0.1) is 0 Å². The van der Waals surface area contributed by atoms with Crippen LogP contribution in [-0.4, -0.2) is 52.0 Å². The zero-order valence-electron chi connectivity index (χ0n) is 16.5. The lowest BCUT2D eigenvalue weighted by molar-refractivity contribution is -0.137. The molecule has 2 saturated heterocycles. The molecule has 0 bridgehead atoms. The van der Waals surface area contributed by atoms with Gasteiger partial charge in [-0.05, 0) is 43.2 Å². The highest BCUT2D eigenvalue weighted by molar-refractivity contribution is 5.63. The highest BCUT2D eigenvalue weighted by atomic mass is 19.4. The maximum atomic E-state index is 13.3. The van der Waals surface area contributed by atoms with Gasteiger partial charge in [0.2, 0.25) is 0 Å². The van der Waals surface area contributed by atoms with Gasteiger partial charge in [0.1, 0.15) is 5.82 Å². The first-order chi connectivity index (χ1) is 14.4. The Bertz CT molecular complexity index is 970. The van der Waals surface area contributed by atoms with Crippen LogP contribution in [0.4, 0.5) is 19.0 Å². The van der Waals surface area contributed by atoms with E-state index in [1.807, 2.05) is 6.07 Å². The zero-order valence-corrected chi connectivity index (χ0v) is 16.5. The molecule has 4 heterocycles. The van der Waals surface area contributed by atoms with Gasteiger partial charge in [0.05, 0.1) is 36.6 Å². The first kappa shape index (κ1) is 18.6. The Morgan fingerprint density at radius 2 is 1.80 bits per heavy atom. The molecule has 0 radical (unpaired) electrons. The van der Waals surface area contributed by atoms with Crippen LogP contribution in [-0.2, 0) is 10.9 Å². The van der Waals surface area contributed by atoms with Crippen molar-refractivity contribution < 1.29 is 17.9 Å². The second-order valence-corrected chi connectivity index (χ2v) is 9.14. The second kappa shape index (κ2) is 6.43. The van der Waals surface area contributed by atoms with Crippen molar-refractivity contribution in [3.8, 4) is 11.3 Å². The van der Waals surface area contributed by atoms with Crippen molar-refractivity contribution in [3.05, 3.63) is 29.6 Å². The van der Waals surface area contributed by atoms with Crippen molar-refractivity contribution in [1.82, 2.24) is 19.7 Å². The summed E-state index contributed by atoms with van der Waals surface area (Å²) in [5.41, 5.74) is 6.68. The van der Waals surface area contributed by atoms with E-state index in [-0.39, 0.29) is 0 Å². The predicted molar refractivity (Wildman–Crippen MR) is 104 cm³/mol. The molecule has 160 valence electrons. The maximum absolute atomic E-state index is 13.3. The van der Waals surface area contributed by atoms with E-state index in [1.165, 1.54) is 18.3 Å². The van der Waals surface area contributed by atoms with Crippen LogP contribution in [0.1, 0.15) is 42.5 Å². The number of nitrogen functional groups attached to an aromatic ring is 1. The van der Waals surface area contributed by atoms with Crippen LogP contribution in [0.5, 0.6) is 0 Å². The van der Waals surface area contributed by atoms with Crippen LogP contribution in [0, 0.1) is 11.8 Å². The number of ether oxygens (including phenoxy) is 1. The number of nitrogens with zero attached hydrogens (tertiary/aromatic N) is 4. The summed E-state index contributed by atoms with van der Waals surface area (Å²) in [6.45, 7) is 3.83. The SMILES string of the molecule is Nc1ncc(-c2cc([C@H]3[C@@H]4CN(C5COC5)C[C@@H]43)n(C3CCC3)n2)cc1C(F)(F)F. The lowest BCUT2D eigenvalue weighted by Crippen LogP contribution is -2.48. The number of fused-ring (bicyclic) bond motifs is 1. The van der Waals surface area contributed by atoms with Gasteiger partial charge in [-0.25, -0.2) is 4.98 Å². The van der Waals surface area contributed by atoms with Gasteiger partial charge in [0, 0.05) is 36.5 Å². The van der Waals surface area contributed by atoms with Gasteiger partial charge in [0.25, 0.3) is 0 Å². The molecule has 4 fully saturated rings. The average Bonchev–Trinajstić information content (AvgIpc) is 2.94. The van der Waals surface area contributed by atoms with E-state index in [2.05, 4.69) is 14.6 Å². The highest BCUT2D eigenvalue weighted by Gasteiger charge is 2.59. The number of likely N-dealkylation sites (tertiary alicyclic amines) is 1. The van der Waals surface area contributed by atoms with E-state index in [4.69, 9.17) is 15.6 Å². The first-order valence-electron chi connectivity index (χ1n) is 10.6. The quantitative estimate of drug-likeness (QED) is 0.824. The summed E-state index contributed by atoms with van der Waals surface area (Å²) >= 11 is 0. The Kier molecular flexibility index (Phi) is 3.99. The summed E-state index contributed by atoms with van der Waals surface area (Å²) in [6, 6.07) is 3.99. The molecule has 2 N–H and O–H groups in total. The molecule has 2 aromatic rings. The summed E-state index contributed by atoms with van der Waals surface area (Å²) in [7, 11) is 0. The Labute approximate surface area is 172 Å². The Morgan fingerprint density at radius 3 is 2.37 bits per heavy atom. The van der Waals surface area contributed by atoms with Crippen LogP contribution in [0.15, 0.2) is 18.3 Å². The predicted octanol–water partition coefficient (Wildman–Crippen LogP) is 3.32. The fourth-order valence-corrected chi connectivity index (χ4v) is 5.30. The van der Waals surface area contributed by atoms with Gasteiger partial charge in [-0.1, -0.05) is 0 Å². The van der Waals surface area contributed by atoms with Crippen LogP contribution in [0.25, 0.3) is 11.3 Å². The molecule has 4 aliphatic rings. The Hall–Kier alpha value is -2.13. The van der Waals surface area contributed by atoms with Crippen molar-refractivity contribution in [1.29, 1.82) is 0 Å². The average molecular weight is 419 g/mol. The normalized spacial score (nSPS) is 29.5. The Balaban J connectivity index is 1.30. The highest BCUT2D eigenvalue weighted by Crippen LogP contribution is 2.59. The molecule has 30 heavy (non-hydrogen) atoms. The molecule has 0 unspecified atom stereocenters. The number of rotatable bonds is 4. The van der Waals surface area contributed by atoms with Crippen LogP contribution < -0.4 is 5.73 Å². The minimum absolute atomic E-state index is 0.357. The van der Waals surface area contributed by atoms with E-state index in [0.29, 0.717) is 41.1 Å². The minimum Gasteiger partial charge on any atom is -0.383 e. The Morgan fingerprint density at radius 1 is 1.07 bits per heavy atom. The molecule has 6 nitrogen and oxygen atoms in total. The van der Waals surface area contributed by atoms with Crippen LogP contribution in [0.3, 0.4) is 0 Å². The van der Waals surface area contributed by atoms with E-state index in [0.717, 1.165) is 45.2 Å². The van der Waals surface area contributed by atoms with E-state index in [9.17, 15) is 13.2 Å². The van der Waals surface area contributed by atoms with Crippen molar-refractivity contribution >= 4 is 5.82 Å². The maximum Gasteiger partial charge on any atom is 0.419 e. The van der Waals surface area contributed by atoms with E-state index < -0.39 is 17.6 Å². The van der Waals surface area contributed by atoms with Gasteiger partial charge in [-0.2, -0.15) is 18.3 Å². The lowest BCUT2D eigenvalue weighted by Gasteiger charge is -2.36. The molecule has 0 amide bonds. The number of alkyl halides is 3. The molecule has 6 rings (SSSR count). The number of halogens is 3. The van der Waals surface area contributed by atoms with E-state index >= 15 is 0 Å². The monoisotopic (exact) mass is 419 g/mol. The number of piperidine rings is 1. The topological polar surface area (TPSA) is 69.2 Å². The molecule has 2 aliphatic carbocycles. The van der Waals surface area contributed by atoms with Gasteiger partial charge in [-0.3, -0.25) is 9.58 Å². The van der Waals surface area contributed by atoms with Crippen LogP contribution in [0.2, 0.25) is 0 Å². The number of nitrogens with two attached hydrogens (primary N) is 1. The number of aromatic nitrogens is 3. The molecular weight excluding hydrogens is 395 g/mol. The molecule has 0 spiro atoms. The molecule has 2 aromatic heterocycles. The number of hydrogen-bond acceptors (Lipinski definition) is 5. The minimum atomic E-state index is -4.53. The number of hydrogen-bond donors (Lipinski definition) is 1. The van der Waals surface area contributed by atoms with Gasteiger partial charge in [0.15, 0.2) is 0 Å². The molecule has 2 aliphatic heterocycles. The van der Waals surface area contributed by atoms with Gasteiger partial charge < -0.3 is 10.5 Å². The summed E-state index contributed by atoms with van der Waals surface area (Å²) in [5, 5.41) is 4.76. The smallest absolute Gasteiger partial charge is 0.383 e. The lowest BCUT2D eigenvalue weighted by atomic mass is 9.93. The zero-order chi connectivity index (χ0) is 20.6. The third kappa shape index (κ3) is 2.85. The first-order valence-corrected chi connectivity index (χ1v) is 10.6. The number of pyridine rings is 1. The van der Waals surface area contributed by atoms with Crippen molar-refractivity contribution in [3.63, 3.8) is 0 Å². The molecule has 3 atom stereocenters. The molecular formula is C21H24F3N5O. The summed E-state index contributed by atoms with van der Waals surface area (Å²) in [5.74, 6) is 1.18. The van der Waals surface area contributed by atoms with Crippen molar-refractivity contribution in [2.24, 2.45) is 11.8 Å². The molecule has 9 heteroatoms. The van der Waals surface area contributed by atoms with Crippen LogP contribution >= 0.6 is 0 Å². The standard InChI is InChI=1S/C21H24F3N5O/c22-21(23,24)16-4-11(6-26-20(16)25)17-5-18(29(27-17)12-2-1-3-12)19-14-7-28(8-15(14)19)13-9-30-10-13/h4-6,12-15,19H,1-3,7-10H2,(H2,25,26)/t14-,15+,19+. The third-order valence-electron chi connectivity index (χ3n) is 7.41. The van der Waals surface area contributed by atoms with E-state index in [1.54, 1.807) is 0 Å². The summed E-state index contributed by atoms with van der Waals surface area (Å²) in [6.07, 6.45) is 0.196. The van der Waals surface area contributed by atoms with Gasteiger partial charge >= 0.3 is 6.18 Å².